The van der Waals surface area contributed by atoms with Crippen LogP contribution in [0.2, 0.25) is 0 Å². The average molecular weight is 290 g/mol. The first-order valence-electron chi connectivity index (χ1n) is 7.23. The van der Waals surface area contributed by atoms with Crippen LogP contribution < -0.4 is 5.06 Å². The summed E-state index contributed by atoms with van der Waals surface area (Å²) in [6, 6.07) is 22.5. The van der Waals surface area contributed by atoms with Gasteiger partial charge in [0.15, 0.2) is 0 Å². The number of pyridine rings is 1. The van der Waals surface area contributed by atoms with Crippen LogP contribution in [-0.4, -0.2) is 12.1 Å². The molecule has 110 valence electrons. The van der Waals surface area contributed by atoms with E-state index in [0.717, 1.165) is 16.8 Å². The molecule has 0 aliphatic heterocycles. The first kappa shape index (κ1) is 14.3. The number of benzene rings is 2. The number of aromatic nitrogens is 1. The minimum Gasteiger partial charge on any atom is -0.276 e. The van der Waals surface area contributed by atoms with Gasteiger partial charge < -0.3 is 0 Å². The normalized spacial score (nSPS) is 10.4. The highest BCUT2D eigenvalue weighted by Crippen LogP contribution is 2.30. The molecular weight excluding hydrogens is 272 g/mol. The van der Waals surface area contributed by atoms with E-state index in [1.807, 2.05) is 53.7 Å². The van der Waals surface area contributed by atoms with Crippen LogP contribution in [0.5, 0.6) is 0 Å². The summed E-state index contributed by atoms with van der Waals surface area (Å²) in [7, 11) is 1.69. The van der Waals surface area contributed by atoms with Gasteiger partial charge in [-0.2, -0.15) is 0 Å². The van der Waals surface area contributed by atoms with Crippen molar-refractivity contribution in [1.29, 1.82) is 0 Å². The van der Waals surface area contributed by atoms with Crippen molar-refractivity contribution in [2.75, 3.05) is 12.2 Å². The van der Waals surface area contributed by atoms with Crippen molar-refractivity contribution in [3.8, 4) is 11.1 Å². The van der Waals surface area contributed by atoms with Crippen molar-refractivity contribution in [1.82, 2.24) is 4.98 Å². The van der Waals surface area contributed by atoms with Gasteiger partial charge in [0.05, 0.1) is 19.3 Å². The summed E-state index contributed by atoms with van der Waals surface area (Å²) in [5.74, 6) is 0. The third-order valence-electron chi connectivity index (χ3n) is 3.54. The number of rotatable bonds is 5. The molecule has 3 aromatic rings. The fourth-order valence-corrected chi connectivity index (χ4v) is 2.44. The van der Waals surface area contributed by atoms with Crippen molar-refractivity contribution in [2.45, 2.75) is 6.54 Å². The largest absolute Gasteiger partial charge is 0.276 e. The summed E-state index contributed by atoms with van der Waals surface area (Å²) in [5.41, 5.74) is 4.38. The third-order valence-corrected chi connectivity index (χ3v) is 3.54. The molecule has 0 atom stereocenters. The monoisotopic (exact) mass is 290 g/mol. The van der Waals surface area contributed by atoms with Crippen LogP contribution in [0.4, 0.5) is 5.69 Å². The molecule has 0 fully saturated rings. The summed E-state index contributed by atoms with van der Waals surface area (Å²) < 4.78 is 0. The predicted molar refractivity (Wildman–Crippen MR) is 89.3 cm³/mol. The lowest BCUT2D eigenvalue weighted by atomic mass is 10.1. The highest BCUT2D eigenvalue weighted by Gasteiger charge is 2.13. The number of hydroxylamine groups is 1. The molecule has 0 N–H and O–H groups in total. The van der Waals surface area contributed by atoms with E-state index in [-0.39, 0.29) is 0 Å². The van der Waals surface area contributed by atoms with Crippen LogP contribution >= 0.6 is 0 Å². The van der Waals surface area contributed by atoms with Gasteiger partial charge in [0.1, 0.15) is 0 Å². The van der Waals surface area contributed by atoms with Crippen LogP contribution in [0.25, 0.3) is 11.1 Å². The second kappa shape index (κ2) is 6.87. The number of hydrogen-bond acceptors (Lipinski definition) is 3. The maximum atomic E-state index is 5.61. The molecule has 1 heterocycles. The molecule has 0 amide bonds. The Labute approximate surface area is 130 Å². The lowest BCUT2D eigenvalue weighted by Gasteiger charge is -2.24. The van der Waals surface area contributed by atoms with Gasteiger partial charge in [0.25, 0.3) is 0 Å². The minimum absolute atomic E-state index is 0.682. The van der Waals surface area contributed by atoms with Crippen LogP contribution in [0, 0.1) is 0 Å². The average Bonchev–Trinajstić information content (AvgIpc) is 2.61. The zero-order valence-electron chi connectivity index (χ0n) is 12.5. The highest BCUT2D eigenvalue weighted by atomic mass is 16.7. The van der Waals surface area contributed by atoms with Crippen molar-refractivity contribution in [3.05, 3.63) is 84.7 Å². The van der Waals surface area contributed by atoms with E-state index in [9.17, 15) is 0 Å². The van der Waals surface area contributed by atoms with E-state index in [2.05, 4.69) is 29.2 Å². The van der Waals surface area contributed by atoms with Gasteiger partial charge in [-0.05, 0) is 17.2 Å². The molecule has 3 heteroatoms. The van der Waals surface area contributed by atoms with E-state index >= 15 is 0 Å². The molecule has 3 rings (SSSR count). The molecule has 0 aliphatic carbocycles. The molecule has 0 spiro atoms. The van der Waals surface area contributed by atoms with Gasteiger partial charge in [-0.15, -0.1) is 0 Å². The first-order valence-corrected chi connectivity index (χ1v) is 7.23. The molecule has 0 saturated carbocycles. The van der Waals surface area contributed by atoms with Crippen LogP contribution in [0.3, 0.4) is 0 Å². The van der Waals surface area contributed by atoms with E-state index in [1.54, 1.807) is 13.3 Å². The van der Waals surface area contributed by atoms with Gasteiger partial charge in [0, 0.05) is 18.0 Å². The lowest BCUT2D eigenvalue weighted by Crippen LogP contribution is -2.21. The quantitative estimate of drug-likeness (QED) is 0.654. The van der Waals surface area contributed by atoms with Crippen LogP contribution in [0.1, 0.15) is 5.56 Å². The molecule has 0 radical (unpaired) electrons. The summed E-state index contributed by atoms with van der Waals surface area (Å²) in [6.45, 7) is 0.682. The van der Waals surface area contributed by atoms with E-state index in [4.69, 9.17) is 4.84 Å². The minimum atomic E-state index is 0.682. The predicted octanol–water partition coefficient (Wildman–Crippen LogP) is 4.32. The smallest absolute Gasteiger partial charge is 0.0749 e. The topological polar surface area (TPSA) is 25.4 Å². The van der Waals surface area contributed by atoms with Gasteiger partial charge in [-0.25, -0.2) is 5.06 Å². The Morgan fingerprint density at radius 2 is 1.59 bits per heavy atom. The first-order chi connectivity index (χ1) is 10.9. The van der Waals surface area contributed by atoms with E-state index in [1.165, 1.54) is 5.56 Å². The zero-order valence-corrected chi connectivity index (χ0v) is 12.5. The van der Waals surface area contributed by atoms with Crippen molar-refractivity contribution >= 4 is 5.69 Å². The molecule has 1 aromatic heterocycles. The number of hydrogen-bond donors (Lipinski definition) is 0. The molecule has 0 unspecified atom stereocenters. The molecular formula is C19H18N2O. The molecule has 0 aliphatic rings. The summed E-state index contributed by atoms with van der Waals surface area (Å²) in [6.07, 6.45) is 3.67. The maximum absolute atomic E-state index is 5.61. The zero-order chi connectivity index (χ0) is 15.2. The van der Waals surface area contributed by atoms with Crippen molar-refractivity contribution in [3.63, 3.8) is 0 Å². The Kier molecular flexibility index (Phi) is 4.47. The van der Waals surface area contributed by atoms with Crippen LogP contribution in [-0.2, 0) is 11.4 Å². The summed E-state index contributed by atoms with van der Waals surface area (Å²) in [4.78, 5) is 9.87. The molecule has 0 saturated heterocycles. The van der Waals surface area contributed by atoms with E-state index in [0.29, 0.717) is 6.54 Å². The maximum Gasteiger partial charge on any atom is 0.0749 e. The highest BCUT2D eigenvalue weighted by molar-refractivity contribution is 5.77. The van der Waals surface area contributed by atoms with Gasteiger partial charge in [-0.1, -0.05) is 60.7 Å². The van der Waals surface area contributed by atoms with Crippen molar-refractivity contribution in [2.24, 2.45) is 0 Å². The van der Waals surface area contributed by atoms with Gasteiger partial charge in [-0.3, -0.25) is 9.82 Å². The Morgan fingerprint density at radius 1 is 0.909 bits per heavy atom. The number of nitrogens with zero attached hydrogens (tertiary/aromatic N) is 2. The summed E-state index contributed by atoms with van der Waals surface area (Å²) >= 11 is 0. The Morgan fingerprint density at radius 3 is 2.27 bits per heavy atom. The van der Waals surface area contributed by atoms with Gasteiger partial charge in [0.2, 0.25) is 0 Å². The Bertz CT molecular complexity index is 714. The number of anilines is 1. The van der Waals surface area contributed by atoms with Crippen molar-refractivity contribution < 1.29 is 4.84 Å². The fraction of sp³-hybridized carbons (Fsp3) is 0.105. The fourth-order valence-electron chi connectivity index (χ4n) is 2.44. The molecule has 3 nitrogen and oxygen atoms in total. The van der Waals surface area contributed by atoms with Gasteiger partial charge >= 0.3 is 0 Å². The standard InChI is InChI=1S/C19H18N2O/c1-22-21(15-16-8-4-2-5-9-16)19-12-13-20-14-18(19)17-10-6-3-7-11-17/h2-14H,15H2,1H3. The van der Waals surface area contributed by atoms with Crippen LogP contribution in [0.15, 0.2) is 79.1 Å². The second-order valence-electron chi connectivity index (χ2n) is 4.96. The Balaban J connectivity index is 1.96. The second-order valence-corrected chi connectivity index (χ2v) is 4.96. The Hall–Kier alpha value is -2.65. The molecule has 2 aromatic carbocycles. The summed E-state index contributed by atoms with van der Waals surface area (Å²) in [5, 5.41) is 1.89. The van der Waals surface area contributed by atoms with E-state index < -0.39 is 0 Å². The third kappa shape index (κ3) is 3.15. The SMILES string of the molecule is CON(Cc1ccccc1)c1ccncc1-c1ccccc1. The lowest BCUT2D eigenvalue weighted by molar-refractivity contribution is 0.163. The molecule has 0 bridgehead atoms. The molecule has 22 heavy (non-hydrogen) atoms.